The van der Waals surface area contributed by atoms with Crippen molar-refractivity contribution in [3.63, 3.8) is 0 Å². The minimum atomic E-state index is -0.273. The Kier molecular flexibility index (Phi) is 5.63. The predicted octanol–water partition coefficient (Wildman–Crippen LogP) is 3.65. The molecule has 0 saturated heterocycles. The Hall–Kier alpha value is -1.55. The molecule has 4 heteroatoms. The number of hydrogen-bond acceptors (Lipinski definition) is 4. The summed E-state index contributed by atoms with van der Waals surface area (Å²) in [5, 5.41) is 3.44. The Morgan fingerprint density at radius 1 is 1.27 bits per heavy atom. The van der Waals surface area contributed by atoms with Gasteiger partial charge in [-0.3, -0.25) is 4.79 Å². The number of nitrogens with one attached hydrogen (secondary N) is 1. The summed E-state index contributed by atoms with van der Waals surface area (Å²) >= 11 is 0. The zero-order valence-electron chi connectivity index (χ0n) is 14.9. The van der Waals surface area contributed by atoms with Crippen LogP contribution in [0.2, 0.25) is 0 Å². The minimum Gasteiger partial charge on any atom is -0.495 e. The van der Waals surface area contributed by atoms with E-state index >= 15 is 0 Å². The number of anilines is 1. The molecule has 0 aromatic heterocycles. The molecule has 1 rings (SSSR count). The number of ketones is 1. The predicted molar refractivity (Wildman–Crippen MR) is 92.5 cm³/mol. The highest BCUT2D eigenvalue weighted by Crippen LogP contribution is 2.28. The van der Waals surface area contributed by atoms with Crippen molar-refractivity contribution in [3.05, 3.63) is 23.8 Å². The lowest BCUT2D eigenvalue weighted by Crippen LogP contribution is -2.49. The third kappa shape index (κ3) is 5.34. The number of carbonyl (C=O) groups excluding carboxylic acids is 1. The molecule has 0 radical (unpaired) electrons. The highest BCUT2D eigenvalue weighted by molar-refractivity contribution is 6.00. The summed E-state index contributed by atoms with van der Waals surface area (Å²) in [5.74, 6) is 0.626. The van der Waals surface area contributed by atoms with E-state index < -0.39 is 0 Å². The van der Waals surface area contributed by atoms with Gasteiger partial charge < -0.3 is 15.8 Å². The van der Waals surface area contributed by atoms with E-state index in [1.54, 1.807) is 25.3 Å². The smallest absolute Gasteiger partial charge is 0.179 e. The lowest BCUT2D eigenvalue weighted by atomic mass is 9.81. The van der Waals surface area contributed by atoms with E-state index in [0.717, 1.165) is 6.42 Å². The maximum atomic E-state index is 12.6. The first-order valence-corrected chi connectivity index (χ1v) is 7.71. The molecule has 0 bridgehead atoms. The van der Waals surface area contributed by atoms with E-state index in [9.17, 15) is 4.79 Å². The summed E-state index contributed by atoms with van der Waals surface area (Å²) in [6.07, 6.45) is 0.975. The molecular weight excluding hydrogens is 276 g/mol. The molecule has 1 unspecified atom stereocenters. The van der Waals surface area contributed by atoms with Gasteiger partial charge in [0.2, 0.25) is 0 Å². The van der Waals surface area contributed by atoms with Crippen LogP contribution < -0.4 is 15.8 Å². The summed E-state index contributed by atoms with van der Waals surface area (Å²) in [5.41, 5.74) is 7.04. The number of rotatable bonds is 6. The SMILES string of the molecule is COc1ccc(C(=O)C(C)NC(C)(C)CC(C)(C)C)cc1N. The van der Waals surface area contributed by atoms with Crippen LogP contribution in [0.4, 0.5) is 5.69 Å². The van der Waals surface area contributed by atoms with Gasteiger partial charge in [-0.25, -0.2) is 0 Å². The molecule has 0 spiro atoms. The summed E-state index contributed by atoms with van der Waals surface area (Å²) in [7, 11) is 1.56. The maximum absolute atomic E-state index is 12.6. The number of ether oxygens (including phenoxy) is 1. The van der Waals surface area contributed by atoms with Gasteiger partial charge in [0.25, 0.3) is 0 Å². The number of hydrogen-bond donors (Lipinski definition) is 2. The normalized spacial score (nSPS) is 13.8. The average molecular weight is 306 g/mol. The van der Waals surface area contributed by atoms with Crippen LogP contribution in [0.5, 0.6) is 5.75 Å². The van der Waals surface area contributed by atoms with Crippen molar-refractivity contribution in [3.8, 4) is 5.75 Å². The summed E-state index contributed by atoms with van der Waals surface area (Å²) < 4.78 is 5.12. The first-order valence-electron chi connectivity index (χ1n) is 7.71. The first-order chi connectivity index (χ1) is 9.95. The van der Waals surface area contributed by atoms with Crippen LogP contribution in [-0.4, -0.2) is 24.5 Å². The van der Waals surface area contributed by atoms with E-state index in [1.165, 1.54) is 0 Å². The Bertz CT molecular complexity index is 530. The fourth-order valence-electron chi connectivity index (χ4n) is 3.17. The van der Waals surface area contributed by atoms with Crippen LogP contribution in [0.1, 0.15) is 58.3 Å². The van der Waals surface area contributed by atoms with E-state index in [1.807, 2.05) is 6.92 Å². The van der Waals surface area contributed by atoms with Crippen LogP contribution in [0.25, 0.3) is 0 Å². The van der Waals surface area contributed by atoms with Crippen molar-refractivity contribution in [1.29, 1.82) is 0 Å². The van der Waals surface area contributed by atoms with E-state index in [2.05, 4.69) is 39.9 Å². The molecule has 0 fully saturated rings. The largest absolute Gasteiger partial charge is 0.495 e. The standard InChI is InChI=1S/C18H30N2O2/c1-12(20-18(5,6)11-17(2,3)4)16(21)13-8-9-15(22-7)14(19)10-13/h8-10,12,20H,11,19H2,1-7H3. The molecule has 1 atom stereocenters. The second-order valence-electron chi connectivity index (χ2n) is 7.81. The number of carbonyl (C=O) groups is 1. The lowest BCUT2D eigenvalue weighted by Gasteiger charge is -2.35. The molecule has 124 valence electrons. The number of methoxy groups -OCH3 is 1. The van der Waals surface area contributed by atoms with Crippen molar-refractivity contribution in [2.75, 3.05) is 12.8 Å². The van der Waals surface area contributed by atoms with E-state index in [4.69, 9.17) is 10.5 Å². The second-order valence-corrected chi connectivity index (χ2v) is 7.81. The summed E-state index contributed by atoms with van der Waals surface area (Å²) in [6, 6.07) is 4.89. The van der Waals surface area contributed by atoms with Gasteiger partial charge in [-0.15, -0.1) is 0 Å². The topological polar surface area (TPSA) is 64.3 Å². The molecule has 0 aliphatic heterocycles. The Balaban J connectivity index is 2.83. The lowest BCUT2D eigenvalue weighted by molar-refractivity contribution is 0.0921. The van der Waals surface area contributed by atoms with Crippen molar-refractivity contribution >= 4 is 11.5 Å². The van der Waals surface area contributed by atoms with Gasteiger partial charge in [-0.2, -0.15) is 0 Å². The van der Waals surface area contributed by atoms with Gasteiger partial charge in [-0.1, -0.05) is 20.8 Å². The zero-order chi connectivity index (χ0) is 17.1. The Morgan fingerprint density at radius 2 is 1.86 bits per heavy atom. The molecule has 0 saturated carbocycles. The van der Waals surface area contributed by atoms with Crippen LogP contribution >= 0.6 is 0 Å². The molecule has 0 aliphatic rings. The summed E-state index contributed by atoms with van der Waals surface area (Å²) in [4.78, 5) is 12.6. The third-order valence-corrected chi connectivity index (χ3v) is 3.49. The van der Waals surface area contributed by atoms with Crippen molar-refractivity contribution in [1.82, 2.24) is 5.32 Å². The molecule has 0 aliphatic carbocycles. The fourth-order valence-corrected chi connectivity index (χ4v) is 3.17. The van der Waals surface area contributed by atoms with Crippen LogP contribution in [-0.2, 0) is 0 Å². The molecule has 1 aromatic carbocycles. The highest BCUT2D eigenvalue weighted by Gasteiger charge is 2.29. The number of benzene rings is 1. The van der Waals surface area contributed by atoms with E-state index in [-0.39, 0.29) is 22.8 Å². The quantitative estimate of drug-likeness (QED) is 0.622. The van der Waals surface area contributed by atoms with Crippen molar-refractivity contribution in [2.24, 2.45) is 5.41 Å². The monoisotopic (exact) mass is 306 g/mol. The number of nitrogen functional groups attached to an aromatic ring is 1. The average Bonchev–Trinajstić information content (AvgIpc) is 2.34. The van der Waals surface area contributed by atoms with Gasteiger partial charge in [0.15, 0.2) is 5.78 Å². The van der Waals surface area contributed by atoms with Crippen LogP contribution in [0.3, 0.4) is 0 Å². The molecular formula is C18H30N2O2. The minimum absolute atomic E-state index is 0.0383. The van der Waals surface area contributed by atoms with Crippen LogP contribution in [0.15, 0.2) is 18.2 Å². The molecule has 0 heterocycles. The van der Waals surface area contributed by atoms with Gasteiger partial charge in [0.05, 0.1) is 18.8 Å². The third-order valence-electron chi connectivity index (χ3n) is 3.49. The maximum Gasteiger partial charge on any atom is 0.179 e. The van der Waals surface area contributed by atoms with Gasteiger partial charge in [0, 0.05) is 11.1 Å². The Labute approximate surface area is 134 Å². The van der Waals surface area contributed by atoms with E-state index in [0.29, 0.717) is 17.0 Å². The van der Waals surface area contributed by atoms with Gasteiger partial charge in [-0.05, 0) is 50.8 Å². The highest BCUT2D eigenvalue weighted by atomic mass is 16.5. The molecule has 22 heavy (non-hydrogen) atoms. The summed E-state index contributed by atoms with van der Waals surface area (Å²) in [6.45, 7) is 12.8. The van der Waals surface area contributed by atoms with Gasteiger partial charge >= 0.3 is 0 Å². The molecule has 0 amide bonds. The van der Waals surface area contributed by atoms with Crippen molar-refractivity contribution < 1.29 is 9.53 Å². The van der Waals surface area contributed by atoms with Crippen molar-refractivity contribution in [2.45, 2.75) is 59.5 Å². The fraction of sp³-hybridized carbons (Fsp3) is 0.611. The second kappa shape index (κ2) is 6.69. The number of Topliss-reactive ketones (excluding diaryl/α,β-unsaturated/α-hetero) is 1. The van der Waals surface area contributed by atoms with Crippen LogP contribution in [0, 0.1) is 5.41 Å². The molecule has 3 N–H and O–H groups in total. The zero-order valence-corrected chi connectivity index (χ0v) is 14.9. The Morgan fingerprint density at radius 3 is 2.32 bits per heavy atom. The molecule has 4 nitrogen and oxygen atoms in total. The molecule has 1 aromatic rings. The van der Waals surface area contributed by atoms with Gasteiger partial charge in [0.1, 0.15) is 5.75 Å². The number of nitrogens with two attached hydrogens (primary N) is 1. The first kappa shape index (κ1) is 18.5.